The molecule has 0 atom stereocenters. The van der Waals surface area contributed by atoms with Gasteiger partial charge in [-0.25, -0.2) is 9.37 Å². The van der Waals surface area contributed by atoms with Crippen molar-refractivity contribution in [2.75, 3.05) is 4.90 Å². The Morgan fingerprint density at radius 1 is 1.11 bits per heavy atom. The van der Waals surface area contributed by atoms with Gasteiger partial charge in [0.1, 0.15) is 5.82 Å². The third-order valence-electron chi connectivity index (χ3n) is 4.47. The van der Waals surface area contributed by atoms with E-state index >= 15 is 0 Å². The second kappa shape index (κ2) is 7.70. The fourth-order valence-corrected chi connectivity index (χ4v) is 4.15. The van der Waals surface area contributed by atoms with Gasteiger partial charge in [-0.2, -0.15) is 0 Å². The van der Waals surface area contributed by atoms with Crippen LogP contribution in [0.3, 0.4) is 0 Å². The maximum absolute atomic E-state index is 13.7. The molecule has 3 aromatic carbocycles. The van der Waals surface area contributed by atoms with E-state index in [-0.39, 0.29) is 11.5 Å². The Kier molecular flexibility index (Phi) is 5.11. The molecule has 0 bridgehead atoms. The molecule has 0 unspecified atom stereocenters. The van der Waals surface area contributed by atoms with Crippen LogP contribution in [0.1, 0.15) is 21.5 Å². The van der Waals surface area contributed by atoms with Crippen molar-refractivity contribution in [2.45, 2.75) is 13.5 Å². The number of hydrogen-bond donors (Lipinski definition) is 0. The van der Waals surface area contributed by atoms with E-state index in [2.05, 4.69) is 4.98 Å². The SMILES string of the molecule is Cc1c(Cl)ccc2sc(N(Cc3ccccc3)C(=O)c3cccc(F)c3)nc12. The van der Waals surface area contributed by atoms with Crippen molar-refractivity contribution in [1.82, 2.24) is 4.98 Å². The normalized spacial score (nSPS) is 11.0. The summed E-state index contributed by atoms with van der Waals surface area (Å²) in [6.45, 7) is 2.24. The molecule has 0 spiro atoms. The Hall–Kier alpha value is -2.76. The first-order valence-corrected chi connectivity index (χ1v) is 9.89. The van der Waals surface area contributed by atoms with Crippen molar-refractivity contribution in [3.8, 4) is 0 Å². The lowest BCUT2D eigenvalue weighted by Crippen LogP contribution is -2.30. The number of nitrogens with zero attached hydrogens (tertiary/aromatic N) is 2. The van der Waals surface area contributed by atoms with E-state index in [0.717, 1.165) is 21.3 Å². The average molecular weight is 411 g/mol. The second-order valence-corrected chi connectivity index (χ2v) is 7.82. The monoisotopic (exact) mass is 410 g/mol. The molecule has 0 aliphatic heterocycles. The second-order valence-electron chi connectivity index (χ2n) is 6.40. The fourth-order valence-electron chi connectivity index (χ4n) is 2.97. The predicted octanol–water partition coefficient (Wildman–Crippen LogP) is 6.24. The Bertz CT molecular complexity index is 1160. The van der Waals surface area contributed by atoms with Crippen LogP contribution in [0.4, 0.5) is 9.52 Å². The number of anilines is 1. The van der Waals surface area contributed by atoms with E-state index in [4.69, 9.17) is 11.6 Å². The molecule has 1 heterocycles. The molecule has 28 heavy (non-hydrogen) atoms. The molecule has 1 amide bonds. The summed E-state index contributed by atoms with van der Waals surface area (Å²) in [5.41, 5.74) is 2.89. The highest BCUT2D eigenvalue weighted by molar-refractivity contribution is 7.22. The minimum Gasteiger partial charge on any atom is -0.279 e. The molecule has 6 heteroatoms. The lowest BCUT2D eigenvalue weighted by Gasteiger charge is -2.20. The van der Waals surface area contributed by atoms with Crippen LogP contribution in [0.5, 0.6) is 0 Å². The fraction of sp³-hybridized carbons (Fsp3) is 0.0909. The highest BCUT2D eigenvalue weighted by atomic mass is 35.5. The van der Waals surface area contributed by atoms with Crippen molar-refractivity contribution in [3.05, 3.63) is 94.3 Å². The molecule has 0 aliphatic rings. The number of hydrogen-bond acceptors (Lipinski definition) is 3. The third kappa shape index (κ3) is 3.63. The molecular formula is C22H16ClFN2OS. The molecule has 0 fully saturated rings. The molecule has 4 aromatic rings. The van der Waals surface area contributed by atoms with Gasteiger partial charge in [0.25, 0.3) is 5.91 Å². The van der Waals surface area contributed by atoms with Crippen LogP contribution in [0.15, 0.2) is 66.7 Å². The number of rotatable bonds is 4. The molecule has 4 rings (SSSR count). The number of aromatic nitrogens is 1. The Balaban J connectivity index is 1.80. The molecule has 0 N–H and O–H groups in total. The molecule has 0 aliphatic carbocycles. The summed E-state index contributed by atoms with van der Waals surface area (Å²) in [7, 11) is 0. The highest BCUT2D eigenvalue weighted by Crippen LogP contribution is 2.34. The van der Waals surface area contributed by atoms with E-state index in [9.17, 15) is 9.18 Å². The summed E-state index contributed by atoms with van der Waals surface area (Å²) in [6, 6.07) is 19.1. The largest absolute Gasteiger partial charge is 0.279 e. The van der Waals surface area contributed by atoms with Crippen molar-refractivity contribution >= 4 is 44.2 Å². The van der Waals surface area contributed by atoms with E-state index < -0.39 is 5.82 Å². The molecule has 140 valence electrons. The van der Waals surface area contributed by atoms with E-state index in [1.165, 1.54) is 29.5 Å². The van der Waals surface area contributed by atoms with Crippen LogP contribution in [0, 0.1) is 12.7 Å². The van der Waals surface area contributed by atoms with Crippen LogP contribution in [0.25, 0.3) is 10.2 Å². The number of carbonyl (C=O) groups excluding carboxylic acids is 1. The number of halogens is 2. The van der Waals surface area contributed by atoms with Gasteiger partial charge < -0.3 is 0 Å². The summed E-state index contributed by atoms with van der Waals surface area (Å²) in [6.07, 6.45) is 0. The van der Waals surface area contributed by atoms with E-state index in [0.29, 0.717) is 16.7 Å². The first-order valence-electron chi connectivity index (χ1n) is 8.70. The Labute approximate surface area is 171 Å². The first-order chi connectivity index (χ1) is 13.5. The van der Waals surface area contributed by atoms with Crippen LogP contribution in [0.2, 0.25) is 5.02 Å². The summed E-state index contributed by atoms with van der Waals surface area (Å²) in [4.78, 5) is 19.5. The number of amides is 1. The number of benzene rings is 3. The maximum atomic E-state index is 13.7. The van der Waals surface area contributed by atoms with Gasteiger partial charge in [-0.05, 0) is 48.4 Å². The van der Waals surface area contributed by atoms with E-state index in [1.807, 2.05) is 49.4 Å². The van der Waals surface area contributed by atoms with Gasteiger partial charge in [-0.3, -0.25) is 9.69 Å². The Morgan fingerprint density at radius 3 is 2.64 bits per heavy atom. The van der Waals surface area contributed by atoms with Crippen LogP contribution >= 0.6 is 22.9 Å². The van der Waals surface area contributed by atoms with Gasteiger partial charge in [0.05, 0.1) is 16.8 Å². The summed E-state index contributed by atoms with van der Waals surface area (Å²) in [5, 5.41) is 1.19. The highest BCUT2D eigenvalue weighted by Gasteiger charge is 2.22. The van der Waals surface area contributed by atoms with Gasteiger partial charge >= 0.3 is 0 Å². The number of fused-ring (bicyclic) bond motifs is 1. The van der Waals surface area contributed by atoms with Gasteiger partial charge in [0, 0.05) is 10.6 Å². The van der Waals surface area contributed by atoms with Crippen molar-refractivity contribution in [1.29, 1.82) is 0 Å². The first kappa shape index (κ1) is 18.6. The topological polar surface area (TPSA) is 33.2 Å². The third-order valence-corrected chi connectivity index (χ3v) is 5.92. The van der Waals surface area contributed by atoms with Gasteiger partial charge in [0.2, 0.25) is 0 Å². The molecule has 3 nitrogen and oxygen atoms in total. The smallest absolute Gasteiger partial charge is 0.260 e. The minimum absolute atomic E-state index is 0.282. The van der Waals surface area contributed by atoms with E-state index in [1.54, 1.807) is 11.0 Å². The molecule has 1 aromatic heterocycles. The van der Waals surface area contributed by atoms with Crippen molar-refractivity contribution < 1.29 is 9.18 Å². The zero-order chi connectivity index (χ0) is 19.7. The van der Waals surface area contributed by atoms with Gasteiger partial charge in [0.15, 0.2) is 5.13 Å². The lowest BCUT2D eigenvalue weighted by molar-refractivity contribution is 0.0984. The van der Waals surface area contributed by atoms with Crippen molar-refractivity contribution in [3.63, 3.8) is 0 Å². The number of carbonyl (C=O) groups is 1. The van der Waals surface area contributed by atoms with Crippen molar-refractivity contribution in [2.24, 2.45) is 0 Å². The van der Waals surface area contributed by atoms with Gasteiger partial charge in [-0.1, -0.05) is 59.3 Å². The zero-order valence-electron chi connectivity index (χ0n) is 15.0. The van der Waals surface area contributed by atoms with Gasteiger partial charge in [-0.15, -0.1) is 0 Å². The summed E-state index contributed by atoms with van der Waals surface area (Å²) >= 11 is 7.64. The summed E-state index contributed by atoms with van der Waals surface area (Å²) < 4.78 is 14.6. The minimum atomic E-state index is -0.447. The Morgan fingerprint density at radius 2 is 1.89 bits per heavy atom. The maximum Gasteiger partial charge on any atom is 0.260 e. The number of thiazole rings is 1. The van der Waals surface area contributed by atoms with Crippen LogP contribution < -0.4 is 4.90 Å². The molecule has 0 saturated heterocycles. The summed E-state index contributed by atoms with van der Waals surface area (Å²) in [5.74, 6) is -0.747. The average Bonchev–Trinajstić information content (AvgIpc) is 3.14. The standard InChI is InChI=1S/C22H16ClFN2OS/c1-14-18(23)10-11-19-20(14)25-22(28-19)26(13-15-6-3-2-4-7-15)21(27)16-8-5-9-17(24)12-16/h2-12H,13H2,1H3. The number of aryl methyl sites for hydroxylation is 1. The predicted molar refractivity (Wildman–Crippen MR) is 113 cm³/mol. The molecular weight excluding hydrogens is 395 g/mol. The zero-order valence-corrected chi connectivity index (χ0v) is 16.6. The lowest BCUT2D eigenvalue weighted by atomic mass is 10.1. The van der Waals surface area contributed by atoms with Crippen LogP contribution in [-0.2, 0) is 6.54 Å². The van der Waals surface area contributed by atoms with Crippen LogP contribution in [-0.4, -0.2) is 10.9 Å². The quantitative estimate of drug-likeness (QED) is 0.398. The molecule has 0 saturated carbocycles. The molecule has 0 radical (unpaired) electrons.